The van der Waals surface area contributed by atoms with Gasteiger partial charge in [0.05, 0.1) is 11.0 Å². The molecular formula is C10H13N7O. The number of H-pyrrole nitrogens is 1. The van der Waals surface area contributed by atoms with Crippen LogP contribution in [0.1, 0.15) is 19.5 Å². The van der Waals surface area contributed by atoms with E-state index in [2.05, 4.69) is 25.5 Å². The predicted molar refractivity (Wildman–Crippen MR) is 65.6 cm³/mol. The van der Waals surface area contributed by atoms with E-state index in [-0.39, 0.29) is 18.2 Å². The second-order valence-electron chi connectivity index (χ2n) is 4.51. The zero-order valence-corrected chi connectivity index (χ0v) is 10.0. The molecule has 5 N–H and O–H groups in total. The molecule has 0 atom stereocenters. The van der Waals surface area contributed by atoms with Gasteiger partial charge in [-0.15, -0.1) is 0 Å². The zero-order valence-electron chi connectivity index (χ0n) is 10.0. The van der Waals surface area contributed by atoms with Crippen molar-refractivity contribution in [2.24, 2.45) is 0 Å². The summed E-state index contributed by atoms with van der Waals surface area (Å²) in [6, 6.07) is 1.97. The van der Waals surface area contributed by atoms with Gasteiger partial charge in [0.25, 0.3) is 0 Å². The lowest BCUT2D eigenvalue weighted by molar-refractivity contribution is 0.0944. The largest absolute Gasteiger partial charge is 0.389 e. The van der Waals surface area contributed by atoms with E-state index in [1.54, 1.807) is 13.8 Å². The molecule has 8 nitrogen and oxygen atoms in total. The van der Waals surface area contributed by atoms with Crippen molar-refractivity contribution in [3.05, 3.63) is 5.69 Å². The fourth-order valence-corrected chi connectivity index (χ4v) is 1.45. The molecule has 2 heterocycles. The van der Waals surface area contributed by atoms with Crippen molar-refractivity contribution in [2.75, 3.05) is 17.6 Å². The number of nitrogens with two attached hydrogens (primary N) is 1. The third-order valence-electron chi connectivity index (χ3n) is 2.23. The average Bonchev–Trinajstić information content (AvgIpc) is 2.67. The van der Waals surface area contributed by atoms with Crippen LogP contribution in [0.2, 0.25) is 0 Å². The first-order valence-corrected chi connectivity index (χ1v) is 5.28. The first-order valence-electron chi connectivity index (χ1n) is 5.28. The number of nitriles is 1. The van der Waals surface area contributed by atoms with Crippen molar-refractivity contribution in [1.82, 2.24) is 20.2 Å². The van der Waals surface area contributed by atoms with E-state index in [0.717, 1.165) is 0 Å². The molecule has 0 fully saturated rings. The average molecular weight is 247 g/mol. The second kappa shape index (κ2) is 4.12. The maximum atomic E-state index is 9.67. The van der Waals surface area contributed by atoms with Gasteiger partial charge in [0.1, 0.15) is 17.6 Å². The Morgan fingerprint density at radius 2 is 2.22 bits per heavy atom. The topological polar surface area (TPSA) is 137 Å². The molecule has 0 aromatic carbocycles. The van der Waals surface area contributed by atoms with Crippen LogP contribution in [0.3, 0.4) is 0 Å². The van der Waals surface area contributed by atoms with E-state index in [4.69, 9.17) is 11.0 Å². The van der Waals surface area contributed by atoms with Gasteiger partial charge in [0.2, 0.25) is 5.95 Å². The number of fused-ring (bicyclic) bond motifs is 1. The molecule has 0 aliphatic heterocycles. The lowest BCUT2D eigenvalue weighted by Gasteiger charge is -2.18. The summed E-state index contributed by atoms with van der Waals surface area (Å²) < 4.78 is 0. The molecular weight excluding hydrogens is 234 g/mol. The minimum absolute atomic E-state index is 0.0525. The summed E-state index contributed by atoms with van der Waals surface area (Å²) in [7, 11) is 0. The minimum Gasteiger partial charge on any atom is -0.389 e. The molecule has 0 bridgehead atoms. The maximum absolute atomic E-state index is 9.67. The second-order valence-corrected chi connectivity index (χ2v) is 4.51. The van der Waals surface area contributed by atoms with Crippen LogP contribution in [0.15, 0.2) is 0 Å². The van der Waals surface area contributed by atoms with Crippen LogP contribution in [0, 0.1) is 11.3 Å². The Kier molecular flexibility index (Phi) is 2.76. The zero-order chi connectivity index (χ0) is 13.3. The van der Waals surface area contributed by atoms with Gasteiger partial charge in [-0.2, -0.15) is 20.3 Å². The van der Waals surface area contributed by atoms with E-state index in [1.165, 1.54) is 0 Å². The van der Waals surface area contributed by atoms with Crippen molar-refractivity contribution in [3.63, 3.8) is 0 Å². The number of anilines is 2. The third kappa shape index (κ3) is 2.31. The summed E-state index contributed by atoms with van der Waals surface area (Å²) in [5.41, 5.74) is 5.21. The van der Waals surface area contributed by atoms with Gasteiger partial charge in [-0.3, -0.25) is 5.10 Å². The Morgan fingerprint density at radius 1 is 1.50 bits per heavy atom. The highest BCUT2D eigenvalue weighted by atomic mass is 16.3. The molecule has 0 unspecified atom stereocenters. The summed E-state index contributed by atoms with van der Waals surface area (Å²) >= 11 is 0. The van der Waals surface area contributed by atoms with E-state index >= 15 is 0 Å². The molecule has 8 heteroatoms. The van der Waals surface area contributed by atoms with E-state index < -0.39 is 5.60 Å². The van der Waals surface area contributed by atoms with Gasteiger partial charge in [0.15, 0.2) is 5.65 Å². The Hall–Kier alpha value is -2.40. The Bertz CT molecular complexity index is 619. The number of nitrogen functional groups attached to an aromatic ring is 1. The van der Waals surface area contributed by atoms with Crippen LogP contribution in [0.4, 0.5) is 11.8 Å². The molecule has 0 amide bonds. The number of nitrogens with one attached hydrogen (secondary N) is 2. The quantitative estimate of drug-likeness (QED) is 0.598. The molecule has 0 saturated carbocycles. The molecule has 2 aromatic heterocycles. The lowest BCUT2D eigenvalue weighted by atomic mass is 10.1. The SMILES string of the molecule is CC(C)(O)CNc1nc(N)nc2n[nH]c(C#N)c12. The summed E-state index contributed by atoms with van der Waals surface area (Å²) in [5.74, 6) is 0.432. The number of aliphatic hydroxyl groups is 1. The number of aromatic nitrogens is 4. The molecule has 2 aromatic rings. The van der Waals surface area contributed by atoms with Crippen LogP contribution in [-0.2, 0) is 0 Å². The third-order valence-corrected chi connectivity index (χ3v) is 2.23. The first kappa shape index (κ1) is 12.1. The number of rotatable bonds is 3. The standard InChI is InChI=1S/C10H13N7O/c1-10(2,18)4-13-7-6-5(3-11)16-17-8(6)15-9(12)14-7/h18H,4H2,1-2H3,(H4,12,13,14,15,16,17). The Labute approximate surface area is 103 Å². The Balaban J connectivity index is 2.48. The molecule has 0 radical (unpaired) electrons. The van der Waals surface area contributed by atoms with Gasteiger partial charge in [0, 0.05) is 6.54 Å². The van der Waals surface area contributed by atoms with Crippen molar-refractivity contribution in [3.8, 4) is 6.07 Å². The van der Waals surface area contributed by atoms with E-state index in [0.29, 0.717) is 16.9 Å². The highest BCUT2D eigenvalue weighted by Crippen LogP contribution is 2.23. The van der Waals surface area contributed by atoms with Gasteiger partial charge in [-0.1, -0.05) is 0 Å². The van der Waals surface area contributed by atoms with Gasteiger partial charge in [-0.25, -0.2) is 0 Å². The molecule has 2 rings (SSSR count). The lowest BCUT2D eigenvalue weighted by Crippen LogP contribution is -2.29. The normalized spacial score (nSPS) is 11.4. The van der Waals surface area contributed by atoms with Gasteiger partial charge < -0.3 is 16.2 Å². The molecule has 18 heavy (non-hydrogen) atoms. The molecule has 0 aliphatic carbocycles. The minimum atomic E-state index is -0.914. The number of aromatic amines is 1. The maximum Gasteiger partial charge on any atom is 0.224 e. The summed E-state index contributed by atoms with van der Waals surface area (Å²) in [4.78, 5) is 7.94. The van der Waals surface area contributed by atoms with Crippen LogP contribution >= 0.6 is 0 Å². The van der Waals surface area contributed by atoms with Crippen LogP contribution < -0.4 is 11.1 Å². The van der Waals surface area contributed by atoms with Crippen LogP contribution in [-0.4, -0.2) is 37.4 Å². The van der Waals surface area contributed by atoms with Crippen molar-refractivity contribution >= 4 is 22.8 Å². The summed E-state index contributed by atoms with van der Waals surface area (Å²) in [6.45, 7) is 3.57. The fraction of sp³-hybridized carbons (Fsp3) is 0.400. The fourth-order valence-electron chi connectivity index (χ4n) is 1.45. The van der Waals surface area contributed by atoms with Crippen molar-refractivity contribution < 1.29 is 5.11 Å². The van der Waals surface area contributed by atoms with Gasteiger partial charge >= 0.3 is 0 Å². The molecule has 0 saturated heterocycles. The van der Waals surface area contributed by atoms with Crippen LogP contribution in [0.5, 0.6) is 0 Å². The van der Waals surface area contributed by atoms with E-state index in [1.807, 2.05) is 6.07 Å². The summed E-state index contributed by atoms with van der Waals surface area (Å²) in [5, 5.41) is 28.5. The molecule has 94 valence electrons. The smallest absolute Gasteiger partial charge is 0.224 e. The molecule has 0 aliphatic rings. The monoisotopic (exact) mass is 247 g/mol. The van der Waals surface area contributed by atoms with Crippen LogP contribution in [0.25, 0.3) is 11.0 Å². The molecule has 0 spiro atoms. The van der Waals surface area contributed by atoms with Crippen molar-refractivity contribution in [2.45, 2.75) is 19.4 Å². The first-order chi connectivity index (χ1) is 8.40. The summed E-state index contributed by atoms with van der Waals surface area (Å²) in [6.07, 6.45) is 0. The predicted octanol–water partition coefficient (Wildman–Crippen LogP) is -0.0104. The van der Waals surface area contributed by atoms with E-state index in [9.17, 15) is 5.11 Å². The number of nitrogens with zero attached hydrogens (tertiary/aromatic N) is 4. The van der Waals surface area contributed by atoms with Gasteiger partial charge in [-0.05, 0) is 13.8 Å². The highest BCUT2D eigenvalue weighted by molar-refractivity contribution is 5.91. The van der Waals surface area contributed by atoms with Crippen molar-refractivity contribution in [1.29, 1.82) is 5.26 Å². The highest BCUT2D eigenvalue weighted by Gasteiger charge is 2.17. The Morgan fingerprint density at radius 3 is 2.83 bits per heavy atom. The number of hydrogen-bond donors (Lipinski definition) is 4. The number of hydrogen-bond acceptors (Lipinski definition) is 7.